The average Bonchev–Trinajstić information content (AvgIpc) is 3.10. The number of nitrogens with zero attached hydrogens (tertiary/aromatic N) is 2. The largest absolute Gasteiger partial charge is 0.494 e. The third-order valence-electron chi connectivity index (χ3n) is 4.56. The van der Waals surface area contributed by atoms with E-state index in [1.807, 2.05) is 51.1 Å². The normalized spacial score (nSPS) is 15.7. The minimum atomic E-state index is -0.266. The van der Waals surface area contributed by atoms with Crippen molar-refractivity contribution >= 4 is 29.0 Å². The van der Waals surface area contributed by atoms with Crippen molar-refractivity contribution < 1.29 is 19.1 Å². The van der Waals surface area contributed by atoms with Crippen molar-refractivity contribution in [3.05, 3.63) is 52.2 Å². The monoisotopic (exact) mass is 400 g/mol. The molecule has 0 atom stereocenters. The molecule has 28 heavy (non-hydrogen) atoms. The van der Waals surface area contributed by atoms with E-state index in [1.54, 1.807) is 13.2 Å². The van der Waals surface area contributed by atoms with Gasteiger partial charge in [-0.25, -0.2) is 0 Å². The molecule has 1 aromatic carbocycles. The second-order valence-electron chi connectivity index (χ2n) is 6.41. The van der Waals surface area contributed by atoms with E-state index in [0.29, 0.717) is 18.1 Å². The highest BCUT2D eigenvalue weighted by Crippen LogP contribution is 2.33. The van der Waals surface area contributed by atoms with Crippen molar-refractivity contribution in [2.24, 2.45) is 0 Å². The topological polar surface area (TPSA) is 60.8 Å². The molecule has 0 saturated carbocycles. The summed E-state index contributed by atoms with van der Waals surface area (Å²) in [5.41, 5.74) is 3.99. The first-order valence-corrected chi connectivity index (χ1v) is 9.94. The minimum absolute atomic E-state index is 0.256. The number of thioether (sulfide) groups is 1. The quantitative estimate of drug-likeness (QED) is 0.653. The van der Waals surface area contributed by atoms with Crippen LogP contribution in [-0.4, -0.2) is 47.5 Å². The standard InChI is InChI=1S/C21H24N2O4S/c1-5-27-18-8-6-17(7-9-18)23-14(2)12-16(15(23)3)13-19-20(24)22(10-11-26-4)21(25)28-19/h6-9,12-13H,5,10-11H2,1-4H3/b19-13+. The molecule has 2 heterocycles. The number of aromatic nitrogens is 1. The summed E-state index contributed by atoms with van der Waals surface area (Å²) >= 11 is 0.971. The molecule has 3 rings (SSSR count). The highest BCUT2D eigenvalue weighted by Gasteiger charge is 2.34. The van der Waals surface area contributed by atoms with Gasteiger partial charge in [-0.05, 0) is 74.5 Å². The van der Waals surface area contributed by atoms with E-state index >= 15 is 0 Å². The first kappa shape index (κ1) is 20.2. The number of amides is 2. The number of carbonyl (C=O) groups excluding carboxylic acids is 2. The first-order valence-electron chi connectivity index (χ1n) is 9.12. The average molecular weight is 401 g/mol. The number of imide groups is 1. The molecule has 0 unspecified atom stereocenters. The fraction of sp³-hybridized carbons (Fsp3) is 0.333. The zero-order valence-corrected chi connectivity index (χ0v) is 17.3. The molecular weight excluding hydrogens is 376 g/mol. The Labute approximate surface area is 169 Å². The van der Waals surface area contributed by atoms with Crippen LogP contribution >= 0.6 is 11.8 Å². The van der Waals surface area contributed by atoms with Crippen LogP contribution in [0.25, 0.3) is 11.8 Å². The Morgan fingerprint density at radius 3 is 2.50 bits per heavy atom. The molecule has 1 saturated heterocycles. The number of hydrogen-bond acceptors (Lipinski definition) is 5. The number of ether oxygens (including phenoxy) is 2. The third kappa shape index (κ3) is 4.00. The third-order valence-corrected chi connectivity index (χ3v) is 5.46. The maximum absolute atomic E-state index is 12.5. The van der Waals surface area contributed by atoms with Crippen LogP contribution in [0.5, 0.6) is 5.75 Å². The molecule has 0 N–H and O–H groups in total. The van der Waals surface area contributed by atoms with Gasteiger partial charge >= 0.3 is 0 Å². The van der Waals surface area contributed by atoms with Crippen LogP contribution in [0, 0.1) is 13.8 Å². The number of methoxy groups -OCH3 is 1. The van der Waals surface area contributed by atoms with Crippen LogP contribution < -0.4 is 4.74 Å². The Kier molecular flexibility index (Phi) is 6.26. The molecule has 7 heteroatoms. The van der Waals surface area contributed by atoms with E-state index in [9.17, 15) is 9.59 Å². The van der Waals surface area contributed by atoms with E-state index in [2.05, 4.69) is 4.57 Å². The van der Waals surface area contributed by atoms with Crippen LogP contribution in [-0.2, 0) is 9.53 Å². The maximum atomic E-state index is 12.5. The van der Waals surface area contributed by atoms with E-state index in [-0.39, 0.29) is 17.7 Å². The Hall–Kier alpha value is -2.51. The lowest BCUT2D eigenvalue weighted by atomic mass is 10.2. The molecule has 0 aliphatic carbocycles. The van der Waals surface area contributed by atoms with E-state index in [1.165, 1.54) is 4.90 Å². The molecule has 1 aliphatic rings. The molecule has 1 aliphatic heterocycles. The van der Waals surface area contributed by atoms with Gasteiger partial charge in [-0.15, -0.1) is 0 Å². The second-order valence-corrected chi connectivity index (χ2v) is 7.41. The van der Waals surface area contributed by atoms with E-state index in [4.69, 9.17) is 9.47 Å². The van der Waals surface area contributed by atoms with Gasteiger partial charge in [0, 0.05) is 24.2 Å². The molecule has 0 spiro atoms. The van der Waals surface area contributed by atoms with Crippen molar-refractivity contribution in [2.45, 2.75) is 20.8 Å². The van der Waals surface area contributed by atoms with Crippen LogP contribution in [0.3, 0.4) is 0 Å². The van der Waals surface area contributed by atoms with Gasteiger partial charge in [0.05, 0.1) is 24.7 Å². The van der Waals surface area contributed by atoms with Gasteiger partial charge in [0.1, 0.15) is 5.75 Å². The molecule has 148 valence electrons. The molecule has 1 fully saturated rings. The highest BCUT2D eigenvalue weighted by atomic mass is 32.2. The number of aryl methyl sites for hydroxylation is 1. The molecule has 0 bridgehead atoms. The second kappa shape index (κ2) is 8.67. The van der Waals surface area contributed by atoms with Crippen LogP contribution in [0.1, 0.15) is 23.9 Å². The van der Waals surface area contributed by atoms with Gasteiger partial charge < -0.3 is 14.0 Å². The van der Waals surface area contributed by atoms with Gasteiger partial charge in [-0.3, -0.25) is 14.5 Å². The van der Waals surface area contributed by atoms with E-state index in [0.717, 1.165) is 40.2 Å². The van der Waals surface area contributed by atoms with Crippen molar-refractivity contribution in [3.63, 3.8) is 0 Å². The first-order chi connectivity index (χ1) is 13.5. The Morgan fingerprint density at radius 1 is 1.14 bits per heavy atom. The fourth-order valence-corrected chi connectivity index (χ4v) is 4.06. The van der Waals surface area contributed by atoms with Crippen LogP contribution in [0.15, 0.2) is 35.2 Å². The number of rotatable bonds is 7. The summed E-state index contributed by atoms with van der Waals surface area (Å²) in [6.07, 6.45) is 1.80. The molecule has 2 amide bonds. The summed E-state index contributed by atoms with van der Waals surface area (Å²) in [6, 6.07) is 9.92. The van der Waals surface area contributed by atoms with Crippen LogP contribution in [0.4, 0.5) is 4.79 Å². The lowest BCUT2D eigenvalue weighted by Crippen LogP contribution is -2.31. The Bertz CT molecular complexity index is 915. The minimum Gasteiger partial charge on any atom is -0.494 e. The van der Waals surface area contributed by atoms with Gasteiger partial charge in [-0.1, -0.05) is 0 Å². The fourth-order valence-electron chi connectivity index (χ4n) is 3.21. The lowest BCUT2D eigenvalue weighted by Gasteiger charge is -2.11. The SMILES string of the molecule is CCOc1ccc(-n2c(C)cc(/C=C3/SC(=O)N(CCOC)C3=O)c2C)cc1. The van der Waals surface area contributed by atoms with Gasteiger partial charge in [-0.2, -0.15) is 0 Å². The summed E-state index contributed by atoms with van der Waals surface area (Å²) in [5.74, 6) is 0.566. The Balaban J connectivity index is 1.89. The van der Waals surface area contributed by atoms with Gasteiger partial charge in [0.25, 0.3) is 11.1 Å². The van der Waals surface area contributed by atoms with Gasteiger partial charge in [0.15, 0.2) is 0 Å². The molecule has 0 radical (unpaired) electrons. The van der Waals surface area contributed by atoms with Crippen molar-refractivity contribution in [1.29, 1.82) is 0 Å². The predicted molar refractivity (Wildman–Crippen MR) is 111 cm³/mol. The van der Waals surface area contributed by atoms with Crippen molar-refractivity contribution in [1.82, 2.24) is 9.47 Å². The Morgan fingerprint density at radius 2 is 1.86 bits per heavy atom. The molecule has 1 aromatic heterocycles. The summed E-state index contributed by atoms with van der Waals surface area (Å²) < 4.78 is 12.6. The number of hydrogen-bond donors (Lipinski definition) is 0. The number of benzene rings is 1. The van der Waals surface area contributed by atoms with Crippen molar-refractivity contribution in [2.75, 3.05) is 26.9 Å². The summed E-state index contributed by atoms with van der Waals surface area (Å²) in [6.45, 7) is 7.21. The zero-order chi connectivity index (χ0) is 20.3. The zero-order valence-electron chi connectivity index (χ0n) is 16.5. The highest BCUT2D eigenvalue weighted by molar-refractivity contribution is 8.18. The maximum Gasteiger partial charge on any atom is 0.293 e. The predicted octanol–water partition coefficient (Wildman–Crippen LogP) is 4.18. The molecule has 2 aromatic rings. The van der Waals surface area contributed by atoms with Crippen LogP contribution in [0.2, 0.25) is 0 Å². The lowest BCUT2D eigenvalue weighted by molar-refractivity contribution is -0.123. The summed E-state index contributed by atoms with van der Waals surface area (Å²) in [7, 11) is 1.55. The molecular formula is C21H24N2O4S. The van der Waals surface area contributed by atoms with Crippen molar-refractivity contribution in [3.8, 4) is 11.4 Å². The van der Waals surface area contributed by atoms with Gasteiger partial charge in [0.2, 0.25) is 0 Å². The number of carbonyl (C=O) groups is 2. The summed E-state index contributed by atoms with van der Waals surface area (Å²) in [5, 5.41) is -0.256. The summed E-state index contributed by atoms with van der Waals surface area (Å²) in [4.78, 5) is 26.3. The smallest absolute Gasteiger partial charge is 0.293 e. The molecule has 6 nitrogen and oxygen atoms in total. The van der Waals surface area contributed by atoms with E-state index < -0.39 is 0 Å².